The molecule has 4 heteroatoms. The summed E-state index contributed by atoms with van der Waals surface area (Å²) in [6.45, 7) is 0.718. The lowest BCUT2D eigenvalue weighted by atomic mass is 9.71. The highest BCUT2D eigenvalue weighted by molar-refractivity contribution is 5.85. The Morgan fingerprint density at radius 2 is 2.17 bits per heavy atom. The van der Waals surface area contributed by atoms with Crippen molar-refractivity contribution in [3.63, 3.8) is 0 Å². The average Bonchev–Trinajstić information content (AvgIpc) is 3.10. The van der Waals surface area contributed by atoms with E-state index >= 15 is 0 Å². The first kappa shape index (κ1) is 12.6. The molecule has 1 spiro atoms. The Kier molecular flexibility index (Phi) is 3.25. The van der Waals surface area contributed by atoms with E-state index in [1.165, 1.54) is 37.8 Å². The zero-order valence-corrected chi connectivity index (χ0v) is 11.4. The van der Waals surface area contributed by atoms with Gasteiger partial charge in [0.05, 0.1) is 6.73 Å². The number of rotatable bonds is 1. The van der Waals surface area contributed by atoms with Gasteiger partial charge in [-0.2, -0.15) is 0 Å². The summed E-state index contributed by atoms with van der Waals surface area (Å²) in [6, 6.07) is 0.525. The quantitative estimate of drug-likeness (QED) is 0.793. The van der Waals surface area contributed by atoms with Gasteiger partial charge in [0.1, 0.15) is 5.60 Å². The second-order valence-electron chi connectivity index (χ2n) is 5.92. The van der Waals surface area contributed by atoms with Crippen LogP contribution in [0.4, 0.5) is 0 Å². The molecule has 0 amide bonds. The monoisotopic (exact) mass is 268 g/mol. The van der Waals surface area contributed by atoms with Crippen molar-refractivity contribution in [1.82, 2.24) is 5.32 Å². The van der Waals surface area contributed by atoms with E-state index in [4.69, 9.17) is 9.73 Å². The molecule has 2 aliphatic carbocycles. The Labute approximate surface area is 114 Å². The number of nitrogens with zero attached hydrogens (tertiary/aromatic N) is 1. The molecule has 0 radical (unpaired) electrons. The van der Waals surface area contributed by atoms with E-state index in [1.54, 1.807) is 0 Å². The molecule has 100 valence electrons. The Morgan fingerprint density at radius 1 is 1.28 bits per heavy atom. The van der Waals surface area contributed by atoms with Gasteiger partial charge in [-0.05, 0) is 44.1 Å². The van der Waals surface area contributed by atoms with Crippen molar-refractivity contribution >= 4 is 18.6 Å². The Morgan fingerprint density at radius 3 is 3.00 bits per heavy atom. The van der Waals surface area contributed by atoms with Crippen molar-refractivity contribution in [2.75, 3.05) is 6.73 Å². The van der Waals surface area contributed by atoms with Crippen molar-refractivity contribution in [3.05, 3.63) is 11.8 Å². The standard InChI is InChI=1S/C14H20N2O.ClH/c1-2-11-6-7-15-12(10-4-5-10)8-14(11)13(3-1)16-9-17-14;/h7-8,10-11,13,16H,1-6,9H2;1H. The van der Waals surface area contributed by atoms with Gasteiger partial charge in [0, 0.05) is 23.9 Å². The SMILES string of the molecule is C1=NC(C2CC2)=CC23OCNC2CCCC3C1.Cl. The summed E-state index contributed by atoms with van der Waals surface area (Å²) in [5.41, 5.74) is 1.27. The van der Waals surface area contributed by atoms with Gasteiger partial charge in [-0.3, -0.25) is 10.3 Å². The smallest absolute Gasteiger partial charge is 0.108 e. The van der Waals surface area contributed by atoms with E-state index in [9.17, 15) is 0 Å². The predicted molar refractivity (Wildman–Crippen MR) is 74.1 cm³/mol. The lowest BCUT2D eigenvalue weighted by molar-refractivity contribution is -0.0280. The summed E-state index contributed by atoms with van der Waals surface area (Å²) < 4.78 is 6.17. The van der Waals surface area contributed by atoms with Crippen LogP contribution >= 0.6 is 12.4 Å². The molecular formula is C14H21ClN2O. The molecule has 0 aromatic rings. The van der Waals surface area contributed by atoms with Crippen LogP contribution in [0.2, 0.25) is 0 Å². The summed E-state index contributed by atoms with van der Waals surface area (Å²) in [6.07, 6.45) is 12.1. The normalized spacial score (nSPS) is 42.3. The molecule has 0 aromatic carbocycles. The first-order chi connectivity index (χ1) is 8.38. The fourth-order valence-corrected chi connectivity index (χ4v) is 3.77. The zero-order valence-electron chi connectivity index (χ0n) is 10.6. The van der Waals surface area contributed by atoms with Crippen molar-refractivity contribution < 1.29 is 4.74 Å². The minimum Gasteiger partial charge on any atom is -0.354 e. The van der Waals surface area contributed by atoms with Crippen LogP contribution in [-0.2, 0) is 4.74 Å². The van der Waals surface area contributed by atoms with Gasteiger partial charge >= 0.3 is 0 Å². The number of hydrogen-bond donors (Lipinski definition) is 1. The lowest BCUT2D eigenvalue weighted by Crippen LogP contribution is -2.50. The van der Waals surface area contributed by atoms with Crippen LogP contribution in [0.1, 0.15) is 38.5 Å². The molecule has 3 fully saturated rings. The summed E-state index contributed by atoms with van der Waals surface area (Å²) in [4.78, 5) is 4.69. The molecule has 2 aliphatic heterocycles. The molecule has 1 saturated heterocycles. The van der Waals surface area contributed by atoms with Crippen molar-refractivity contribution in [2.24, 2.45) is 16.8 Å². The molecule has 3 unspecified atom stereocenters. The number of allylic oxidation sites excluding steroid dienone is 1. The molecule has 1 N–H and O–H groups in total. The molecule has 4 aliphatic rings. The fraction of sp³-hybridized carbons (Fsp3) is 0.786. The van der Waals surface area contributed by atoms with Crippen LogP contribution in [0, 0.1) is 11.8 Å². The highest BCUT2D eigenvalue weighted by Crippen LogP contribution is 2.47. The van der Waals surface area contributed by atoms with Crippen LogP contribution in [0.3, 0.4) is 0 Å². The van der Waals surface area contributed by atoms with E-state index in [-0.39, 0.29) is 18.0 Å². The van der Waals surface area contributed by atoms with E-state index in [0.29, 0.717) is 12.0 Å². The number of hydrogen-bond acceptors (Lipinski definition) is 3. The maximum Gasteiger partial charge on any atom is 0.108 e. The third kappa shape index (κ3) is 1.84. The number of nitrogens with one attached hydrogen (secondary N) is 1. The van der Waals surface area contributed by atoms with E-state index in [2.05, 4.69) is 17.6 Å². The third-order valence-electron chi connectivity index (χ3n) is 4.88. The largest absolute Gasteiger partial charge is 0.354 e. The van der Waals surface area contributed by atoms with Crippen molar-refractivity contribution in [1.29, 1.82) is 0 Å². The Hall–Kier alpha value is -0.380. The number of aliphatic imine (C=N–C) groups is 1. The zero-order chi connectivity index (χ0) is 11.3. The van der Waals surface area contributed by atoms with Crippen LogP contribution in [-0.4, -0.2) is 24.6 Å². The minimum absolute atomic E-state index is 0. The van der Waals surface area contributed by atoms with Crippen LogP contribution in [0.25, 0.3) is 0 Å². The molecule has 2 saturated carbocycles. The van der Waals surface area contributed by atoms with Crippen LogP contribution < -0.4 is 5.32 Å². The van der Waals surface area contributed by atoms with Gasteiger partial charge in [0.15, 0.2) is 0 Å². The van der Waals surface area contributed by atoms with E-state index in [0.717, 1.165) is 19.1 Å². The van der Waals surface area contributed by atoms with Crippen LogP contribution in [0.15, 0.2) is 16.8 Å². The van der Waals surface area contributed by atoms with Gasteiger partial charge < -0.3 is 4.74 Å². The lowest BCUT2D eigenvalue weighted by Gasteiger charge is -2.41. The van der Waals surface area contributed by atoms with Crippen molar-refractivity contribution in [3.8, 4) is 0 Å². The minimum atomic E-state index is -0.0350. The van der Waals surface area contributed by atoms with E-state index < -0.39 is 0 Å². The van der Waals surface area contributed by atoms with Gasteiger partial charge in [0.25, 0.3) is 0 Å². The first-order valence-electron chi connectivity index (χ1n) is 7.01. The van der Waals surface area contributed by atoms with Gasteiger partial charge in [-0.1, -0.05) is 6.42 Å². The molecule has 3 atom stereocenters. The highest BCUT2D eigenvalue weighted by atomic mass is 35.5. The summed E-state index contributed by atoms with van der Waals surface area (Å²) >= 11 is 0. The Balaban J connectivity index is 0.000001000. The van der Waals surface area contributed by atoms with Crippen LogP contribution in [0.5, 0.6) is 0 Å². The maximum atomic E-state index is 6.17. The van der Waals surface area contributed by atoms with E-state index in [1.807, 2.05) is 0 Å². The molecule has 18 heavy (non-hydrogen) atoms. The summed E-state index contributed by atoms with van der Waals surface area (Å²) in [5, 5.41) is 3.53. The topological polar surface area (TPSA) is 33.6 Å². The summed E-state index contributed by atoms with van der Waals surface area (Å²) in [5.74, 6) is 1.36. The number of halogens is 1. The molecule has 2 heterocycles. The van der Waals surface area contributed by atoms with Crippen molar-refractivity contribution in [2.45, 2.75) is 50.2 Å². The average molecular weight is 269 g/mol. The molecule has 4 rings (SSSR count). The van der Waals surface area contributed by atoms with Gasteiger partial charge in [0.2, 0.25) is 0 Å². The highest BCUT2D eigenvalue weighted by Gasteiger charge is 2.51. The fourth-order valence-electron chi connectivity index (χ4n) is 3.77. The second-order valence-corrected chi connectivity index (χ2v) is 5.92. The maximum absolute atomic E-state index is 6.17. The first-order valence-corrected chi connectivity index (χ1v) is 7.01. The molecule has 0 aromatic heterocycles. The molecular weight excluding hydrogens is 248 g/mol. The Bertz CT molecular complexity index is 391. The van der Waals surface area contributed by atoms with Gasteiger partial charge in [-0.25, -0.2) is 0 Å². The third-order valence-corrected chi connectivity index (χ3v) is 4.88. The van der Waals surface area contributed by atoms with Gasteiger partial charge in [-0.15, -0.1) is 12.4 Å². The second kappa shape index (κ2) is 4.62. The summed E-state index contributed by atoms with van der Waals surface area (Å²) in [7, 11) is 0. The predicted octanol–water partition coefficient (Wildman–Crippen LogP) is 2.66. The molecule has 3 nitrogen and oxygen atoms in total. The molecule has 0 bridgehead atoms. The number of ether oxygens (including phenoxy) is 1.